The van der Waals surface area contributed by atoms with Gasteiger partial charge in [0.15, 0.2) is 0 Å². The molecule has 4 aromatic rings. The van der Waals surface area contributed by atoms with Crippen molar-refractivity contribution >= 4 is 37.5 Å². The average Bonchev–Trinajstić information content (AvgIpc) is 2.96. The van der Waals surface area contributed by atoms with Crippen LogP contribution in [0.1, 0.15) is 11.1 Å². The molecule has 4 aromatic carbocycles. The Morgan fingerprint density at radius 3 is 2.18 bits per heavy atom. The van der Waals surface area contributed by atoms with Gasteiger partial charge in [-0.3, -0.25) is 0 Å². The third-order valence-electron chi connectivity index (χ3n) is 4.77. The van der Waals surface area contributed by atoms with E-state index in [1.165, 1.54) is 48.3 Å². The van der Waals surface area contributed by atoms with Crippen molar-refractivity contribution in [1.29, 1.82) is 0 Å². The fourth-order valence-electron chi connectivity index (χ4n) is 3.80. The van der Waals surface area contributed by atoms with Crippen molar-refractivity contribution in [2.45, 2.75) is 6.42 Å². The molecular weight excluding hydrogens is 332 g/mol. The van der Waals surface area contributed by atoms with Crippen molar-refractivity contribution in [3.63, 3.8) is 0 Å². The van der Waals surface area contributed by atoms with Gasteiger partial charge in [-0.15, -0.1) is 0 Å². The molecule has 104 valence electrons. The summed E-state index contributed by atoms with van der Waals surface area (Å²) in [6, 6.07) is 24.2. The van der Waals surface area contributed by atoms with E-state index in [4.69, 9.17) is 0 Å². The molecule has 0 saturated carbocycles. The maximum Gasteiger partial charge on any atom is 0.0263 e. The largest absolute Gasteiger partial charge is 0.0616 e. The van der Waals surface area contributed by atoms with Crippen LogP contribution in [-0.2, 0) is 6.42 Å². The summed E-state index contributed by atoms with van der Waals surface area (Å²) in [5, 5.41) is 5.40. The Balaban J connectivity index is 1.92. The number of halogens is 1. The van der Waals surface area contributed by atoms with Crippen molar-refractivity contribution in [3.05, 3.63) is 82.3 Å². The SMILES string of the molecule is Brc1cc2ccccc2c2c1-c1ccc3ccccc3c1C2. The summed E-state index contributed by atoms with van der Waals surface area (Å²) < 4.78 is 1.20. The number of hydrogen-bond acceptors (Lipinski definition) is 0. The zero-order chi connectivity index (χ0) is 14.7. The minimum Gasteiger partial charge on any atom is -0.0616 e. The second-order valence-electron chi connectivity index (χ2n) is 5.92. The molecule has 0 amide bonds. The van der Waals surface area contributed by atoms with Crippen molar-refractivity contribution in [2.75, 3.05) is 0 Å². The Hall–Kier alpha value is -2.12. The summed E-state index contributed by atoms with van der Waals surface area (Å²) in [6.45, 7) is 0. The van der Waals surface area contributed by atoms with Gasteiger partial charge in [0, 0.05) is 10.0 Å². The molecule has 1 aliphatic carbocycles. The van der Waals surface area contributed by atoms with Crippen LogP contribution >= 0.6 is 15.9 Å². The molecule has 0 bridgehead atoms. The lowest BCUT2D eigenvalue weighted by Gasteiger charge is -2.08. The van der Waals surface area contributed by atoms with Gasteiger partial charge in [-0.25, -0.2) is 0 Å². The maximum atomic E-state index is 3.80. The lowest BCUT2D eigenvalue weighted by Crippen LogP contribution is -1.85. The molecule has 0 fully saturated rings. The number of rotatable bonds is 0. The quantitative estimate of drug-likeness (QED) is 0.308. The van der Waals surface area contributed by atoms with Gasteiger partial charge >= 0.3 is 0 Å². The standard InChI is InChI=1S/C21H13Br/c22-20-11-14-6-2-4-8-16(14)19-12-18-15-7-3-1-5-13(15)9-10-17(18)21(19)20/h1-11H,12H2. The smallest absolute Gasteiger partial charge is 0.0263 e. The first-order valence-electron chi connectivity index (χ1n) is 7.54. The van der Waals surface area contributed by atoms with Crippen LogP contribution in [0.5, 0.6) is 0 Å². The maximum absolute atomic E-state index is 3.80. The van der Waals surface area contributed by atoms with Crippen molar-refractivity contribution < 1.29 is 0 Å². The van der Waals surface area contributed by atoms with Crippen molar-refractivity contribution in [2.24, 2.45) is 0 Å². The van der Waals surface area contributed by atoms with E-state index in [0.717, 1.165) is 6.42 Å². The zero-order valence-electron chi connectivity index (χ0n) is 11.9. The molecule has 0 N–H and O–H groups in total. The normalized spacial score (nSPS) is 12.6. The Kier molecular flexibility index (Phi) is 2.51. The number of benzene rings is 4. The average molecular weight is 345 g/mol. The van der Waals surface area contributed by atoms with Crippen LogP contribution in [0, 0.1) is 0 Å². The molecule has 1 aliphatic rings. The molecule has 0 atom stereocenters. The van der Waals surface area contributed by atoms with E-state index < -0.39 is 0 Å². The van der Waals surface area contributed by atoms with Gasteiger partial charge in [-0.05, 0) is 50.7 Å². The summed E-state index contributed by atoms with van der Waals surface area (Å²) in [7, 11) is 0. The molecule has 0 aliphatic heterocycles. The van der Waals surface area contributed by atoms with Gasteiger partial charge in [0.1, 0.15) is 0 Å². The van der Waals surface area contributed by atoms with E-state index in [0.29, 0.717) is 0 Å². The van der Waals surface area contributed by atoms with Gasteiger partial charge in [0.2, 0.25) is 0 Å². The fraction of sp³-hybridized carbons (Fsp3) is 0.0476. The molecule has 22 heavy (non-hydrogen) atoms. The first-order chi connectivity index (χ1) is 10.8. The molecule has 1 heteroatoms. The van der Waals surface area contributed by atoms with E-state index in [-0.39, 0.29) is 0 Å². The second-order valence-corrected chi connectivity index (χ2v) is 6.78. The highest BCUT2D eigenvalue weighted by Crippen LogP contribution is 2.46. The van der Waals surface area contributed by atoms with Crippen LogP contribution in [0.2, 0.25) is 0 Å². The van der Waals surface area contributed by atoms with E-state index in [1.807, 2.05) is 0 Å². The summed E-state index contributed by atoms with van der Waals surface area (Å²) in [6.07, 6.45) is 1.02. The highest BCUT2D eigenvalue weighted by atomic mass is 79.9. The van der Waals surface area contributed by atoms with Gasteiger partial charge in [-0.2, -0.15) is 0 Å². The lowest BCUT2D eigenvalue weighted by atomic mass is 9.99. The molecule has 0 saturated heterocycles. The topological polar surface area (TPSA) is 0 Å². The van der Waals surface area contributed by atoms with Crippen LogP contribution in [0.25, 0.3) is 32.7 Å². The van der Waals surface area contributed by atoms with E-state index in [2.05, 4.69) is 82.7 Å². The molecule has 0 spiro atoms. The van der Waals surface area contributed by atoms with E-state index in [1.54, 1.807) is 0 Å². The number of fused-ring (bicyclic) bond motifs is 7. The minimum absolute atomic E-state index is 1.02. The molecular formula is C21H13Br. The van der Waals surface area contributed by atoms with Crippen molar-refractivity contribution in [1.82, 2.24) is 0 Å². The third-order valence-corrected chi connectivity index (χ3v) is 5.40. The Morgan fingerprint density at radius 2 is 1.36 bits per heavy atom. The molecule has 0 heterocycles. The Labute approximate surface area is 137 Å². The monoisotopic (exact) mass is 344 g/mol. The van der Waals surface area contributed by atoms with Crippen molar-refractivity contribution in [3.8, 4) is 11.1 Å². The Morgan fingerprint density at radius 1 is 0.682 bits per heavy atom. The van der Waals surface area contributed by atoms with Gasteiger partial charge in [0.05, 0.1) is 0 Å². The van der Waals surface area contributed by atoms with E-state index >= 15 is 0 Å². The highest BCUT2D eigenvalue weighted by molar-refractivity contribution is 9.10. The molecule has 5 rings (SSSR count). The molecule has 0 radical (unpaired) electrons. The van der Waals surface area contributed by atoms with Crippen LogP contribution in [0.4, 0.5) is 0 Å². The summed E-state index contributed by atoms with van der Waals surface area (Å²) in [5.41, 5.74) is 5.67. The van der Waals surface area contributed by atoms with Gasteiger partial charge < -0.3 is 0 Å². The van der Waals surface area contributed by atoms with Crippen LogP contribution < -0.4 is 0 Å². The first kappa shape index (κ1) is 12.4. The third kappa shape index (κ3) is 1.57. The summed E-state index contributed by atoms with van der Waals surface area (Å²) in [4.78, 5) is 0. The fourth-order valence-corrected chi connectivity index (χ4v) is 4.50. The van der Waals surface area contributed by atoms with Crippen LogP contribution in [0.15, 0.2) is 71.2 Å². The molecule has 0 aromatic heterocycles. The predicted octanol–water partition coefficient (Wildman–Crippen LogP) is 6.33. The molecule has 0 unspecified atom stereocenters. The van der Waals surface area contributed by atoms with Crippen LogP contribution in [0.3, 0.4) is 0 Å². The van der Waals surface area contributed by atoms with Gasteiger partial charge in [0.25, 0.3) is 0 Å². The first-order valence-corrected chi connectivity index (χ1v) is 8.33. The van der Waals surface area contributed by atoms with Crippen LogP contribution in [-0.4, -0.2) is 0 Å². The Bertz CT molecular complexity index is 1060. The summed E-state index contributed by atoms with van der Waals surface area (Å²) >= 11 is 3.80. The zero-order valence-corrected chi connectivity index (χ0v) is 13.5. The minimum atomic E-state index is 1.02. The number of hydrogen-bond donors (Lipinski definition) is 0. The van der Waals surface area contributed by atoms with Gasteiger partial charge in [-0.1, -0.05) is 76.6 Å². The second kappa shape index (κ2) is 4.44. The lowest BCUT2D eigenvalue weighted by molar-refractivity contribution is 1.31. The summed E-state index contributed by atoms with van der Waals surface area (Å²) in [5.74, 6) is 0. The predicted molar refractivity (Wildman–Crippen MR) is 97.4 cm³/mol. The highest BCUT2D eigenvalue weighted by Gasteiger charge is 2.24. The molecule has 0 nitrogen and oxygen atoms in total. The van der Waals surface area contributed by atoms with E-state index in [9.17, 15) is 0 Å².